The summed E-state index contributed by atoms with van der Waals surface area (Å²) in [6, 6.07) is 8.66. The van der Waals surface area contributed by atoms with Crippen LogP contribution in [0.15, 0.2) is 34.1 Å². The topological polar surface area (TPSA) is 141 Å². The smallest absolute Gasteiger partial charge is 0.272 e. The van der Waals surface area contributed by atoms with E-state index in [1.165, 1.54) is 0 Å². The molecule has 9 nitrogen and oxygen atoms in total. The first kappa shape index (κ1) is 21.0. The van der Waals surface area contributed by atoms with Crippen LogP contribution in [0.4, 0.5) is 0 Å². The van der Waals surface area contributed by atoms with Crippen molar-refractivity contribution in [1.82, 2.24) is 26.0 Å². The number of H-pyrrole nitrogens is 1. The van der Waals surface area contributed by atoms with Crippen molar-refractivity contribution in [3.63, 3.8) is 0 Å². The first-order valence-electron chi connectivity index (χ1n) is 8.90. The third-order valence-electron chi connectivity index (χ3n) is 4.64. The van der Waals surface area contributed by atoms with Gasteiger partial charge in [-0.15, -0.1) is 0 Å². The van der Waals surface area contributed by atoms with E-state index in [9.17, 15) is 19.6 Å². The van der Waals surface area contributed by atoms with Gasteiger partial charge in [0.15, 0.2) is 5.69 Å². The third kappa shape index (κ3) is 4.16. The van der Waals surface area contributed by atoms with E-state index in [1.807, 2.05) is 20.8 Å². The van der Waals surface area contributed by atoms with Crippen LogP contribution < -0.4 is 16.4 Å². The quantitative estimate of drug-likeness (QED) is 0.429. The van der Waals surface area contributed by atoms with Gasteiger partial charge in [-0.25, -0.2) is 10.1 Å². The van der Waals surface area contributed by atoms with E-state index in [4.69, 9.17) is 0 Å². The van der Waals surface area contributed by atoms with E-state index in [0.29, 0.717) is 21.4 Å². The number of hydrogen-bond acceptors (Lipinski definition) is 7. The van der Waals surface area contributed by atoms with E-state index < -0.39 is 17.4 Å². The van der Waals surface area contributed by atoms with Gasteiger partial charge in [0.25, 0.3) is 11.5 Å². The van der Waals surface area contributed by atoms with Gasteiger partial charge in [-0.1, -0.05) is 30.0 Å². The number of carbonyl (C=O) groups excluding carboxylic acids is 2. The molecule has 3 aromatic rings. The summed E-state index contributed by atoms with van der Waals surface area (Å²) in [6.07, 6.45) is 0. The number of carbonyl (C=O) groups is 2. The Morgan fingerprint density at radius 1 is 1.13 bits per heavy atom. The van der Waals surface area contributed by atoms with Crippen LogP contribution in [0.3, 0.4) is 0 Å². The summed E-state index contributed by atoms with van der Waals surface area (Å²) in [5.41, 5.74) is 7.16. The molecule has 0 aliphatic heterocycles. The molecule has 2 heterocycles. The van der Waals surface area contributed by atoms with Gasteiger partial charge in [0, 0.05) is 11.1 Å². The molecule has 3 rings (SSSR count). The highest BCUT2D eigenvalue weighted by Gasteiger charge is 2.16. The number of aromatic amines is 1. The molecular formula is C20H18N6O3S. The second kappa shape index (κ2) is 8.75. The van der Waals surface area contributed by atoms with Crippen molar-refractivity contribution in [3.05, 3.63) is 62.7 Å². The van der Waals surface area contributed by atoms with Crippen LogP contribution >= 0.6 is 11.8 Å². The largest absolute Gasteiger partial charge is 0.290 e. The van der Waals surface area contributed by atoms with E-state index in [-0.39, 0.29) is 11.4 Å². The summed E-state index contributed by atoms with van der Waals surface area (Å²) in [6.45, 7) is 5.58. The Kier molecular flexibility index (Phi) is 6.13. The molecule has 2 amide bonds. The van der Waals surface area contributed by atoms with Crippen molar-refractivity contribution in [2.45, 2.75) is 25.8 Å². The Morgan fingerprint density at radius 2 is 1.83 bits per heavy atom. The van der Waals surface area contributed by atoms with Gasteiger partial charge >= 0.3 is 0 Å². The molecule has 1 aromatic carbocycles. The number of aromatic nitrogens is 3. The summed E-state index contributed by atoms with van der Waals surface area (Å²) in [7, 11) is 0. The number of benzene rings is 1. The monoisotopic (exact) mass is 422 g/mol. The normalized spacial score (nSPS) is 10.5. The number of nitrogens with zero attached hydrogens (tertiary/aromatic N) is 3. The number of nitriles is 1. The fourth-order valence-corrected chi connectivity index (χ4v) is 3.68. The lowest BCUT2D eigenvalue weighted by Crippen LogP contribution is -2.43. The number of thioether (sulfide) groups is 1. The number of pyridine rings is 1. The van der Waals surface area contributed by atoms with Crippen molar-refractivity contribution >= 4 is 34.3 Å². The zero-order chi connectivity index (χ0) is 21.8. The van der Waals surface area contributed by atoms with E-state index in [2.05, 4.69) is 32.1 Å². The highest BCUT2D eigenvalue weighted by atomic mass is 32.2. The maximum Gasteiger partial charge on any atom is 0.290 e. The lowest BCUT2D eigenvalue weighted by Gasteiger charge is -2.11. The Morgan fingerprint density at radius 3 is 2.53 bits per heavy atom. The Balaban J connectivity index is 1.67. The number of aryl methyl sites for hydroxylation is 1. The SMILES string of the molecule is Cc1nc(SCC(=O)NNC(=O)c2n[nH]c(=O)c3ccccc23)c(C#N)c(C)c1C. The molecule has 0 aliphatic carbocycles. The lowest BCUT2D eigenvalue weighted by molar-refractivity contribution is -0.119. The summed E-state index contributed by atoms with van der Waals surface area (Å²) in [5, 5.41) is 16.6. The molecule has 0 radical (unpaired) electrons. The average molecular weight is 422 g/mol. The van der Waals surface area contributed by atoms with E-state index in [1.54, 1.807) is 24.3 Å². The molecule has 0 atom stereocenters. The van der Waals surface area contributed by atoms with Gasteiger partial charge in [0.1, 0.15) is 11.1 Å². The number of nitrogens with one attached hydrogen (secondary N) is 3. The zero-order valence-corrected chi connectivity index (χ0v) is 17.3. The molecule has 0 unspecified atom stereocenters. The van der Waals surface area contributed by atoms with Crippen LogP contribution in [0.25, 0.3) is 10.8 Å². The summed E-state index contributed by atoms with van der Waals surface area (Å²) in [4.78, 5) is 40.8. The molecule has 0 saturated carbocycles. The van der Waals surface area contributed by atoms with Crippen molar-refractivity contribution in [1.29, 1.82) is 5.26 Å². The van der Waals surface area contributed by atoms with E-state index in [0.717, 1.165) is 28.6 Å². The predicted molar refractivity (Wildman–Crippen MR) is 112 cm³/mol. The highest BCUT2D eigenvalue weighted by molar-refractivity contribution is 8.00. The zero-order valence-electron chi connectivity index (χ0n) is 16.5. The minimum absolute atomic E-state index is 0.0172. The lowest BCUT2D eigenvalue weighted by atomic mass is 10.1. The van der Waals surface area contributed by atoms with Gasteiger partial charge in [0.05, 0.1) is 16.7 Å². The Hall–Kier alpha value is -3.71. The molecule has 3 N–H and O–H groups in total. The van der Waals surface area contributed by atoms with Crippen LogP contribution in [-0.4, -0.2) is 32.7 Å². The standard InChI is InChI=1S/C20H18N6O3S/c1-10-11(2)15(8-21)20(22-12(10)3)30-9-16(27)23-26-19(29)17-13-6-4-5-7-14(13)18(28)25-24-17/h4-7H,9H2,1-3H3,(H,23,27)(H,25,28)(H,26,29). The van der Waals surface area contributed by atoms with Gasteiger partial charge < -0.3 is 0 Å². The molecular weight excluding hydrogens is 404 g/mol. The van der Waals surface area contributed by atoms with Gasteiger partial charge in [0.2, 0.25) is 5.91 Å². The minimum atomic E-state index is -0.668. The Bertz CT molecular complexity index is 1260. The highest BCUT2D eigenvalue weighted by Crippen LogP contribution is 2.26. The number of hydrogen-bond donors (Lipinski definition) is 3. The maximum absolute atomic E-state index is 12.4. The number of hydrazine groups is 1. The number of amides is 2. The first-order valence-corrected chi connectivity index (χ1v) is 9.89. The third-order valence-corrected chi connectivity index (χ3v) is 5.62. The maximum atomic E-state index is 12.4. The molecule has 10 heteroatoms. The average Bonchev–Trinajstić information content (AvgIpc) is 2.75. The molecule has 0 saturated heterocycles. The second-order valence-electron chi connectivity index (χ2n) is 6.48. The predicted octanol–water partition coefficient (Wildman–Crippen LogP) is 1.67. The molecule has 30 heavy (non-hydrogen) atoms. The van der Waals surface area contributed by atoms with Crippen LogP contribution in [-0.2, 0) is 4.79 Å². The molecule has 0 bridgehead atoms. The molecule has 152 valence electrons. The number of fused-ring (bicyclic) bond motifs is 1. The molecule has 0 aliphatic rings. The van der Waals surface area contributed by atoms with Crippen molar-refractivity contribution < 1.29 is 9.59 Å². The molecule has 0 fully saturated rings. The van der Waals surface area contributed by atoms with Crippen LogP contribution in [0, 0.1) is 32.1 Å². The molecule has 2 aromatic heterocycles. The van der Waals surface area contributed by atoms with E-state index >= 15 is 0 Å². The fourth-order valence-electron chi connectivity index (χ4n) is 2.79. The minimum Gasteiger partial charge on any atom is -0.272 e. The number of rotatable bonds is 4. The fraction of sp³-hybridized carbons (Fsp3) is 0.200. The summed E-state index contributed by atoms with van der Waals surface area (Å²) in [5.74, 6) is -1.20. The Labute approximate surface area is 175 Å². The summed E-state index contributed by atoms with van der Waals surface area (Å²) < 4.78 is 0. The van der Waals surface area contributed by atoms with Crippen molar-refractivity contribution in [2.24, 2.45) is 0 Å². The summed E-state index contributed by atoms with van der Waals surface area (Å²) >= 11 is 1.11. The van der Waals surface area contributed by atoms with Crippen molar-refractivity contribution in [3.8, 4) is 6.07 Å². The van der Waals surface area contributed by atoms with Gasteiger partial charge in [-0.3, -0.25) is 25.2 Å². The van der Waals surface area contributed by atoms with Crippen LogP contribution in [0.2, 0.25) is 0 Å². The second-order valence-corrected chi connectivity index (χ2v) is 7.44. The van der Waals surface area contributed by atoms with Crippen LogP contribution in [0.1, 0.15) is 32.9 Å². The van der Waals surface area contributed by atoms with Gasteiger partial charge in [-0.05, 0) is 38.0 Å². The first-order chi connectivity index (χ1) is 14.3. The van der Waals surface area contributed by atoms with Crippen LogP contribution in [0.5, 0.6) is 0 Å². The van der Waals surface area contributed by atoms with Gasteiger partial charge in [-0.2, -0.15) is 10.4 Å². The molecule has 0 spiro atoms. The van der Waals surface area contributed by atoms with Crippen molar-refractivity contribution in [2.75, 3.05) is 5.75 Å².